The predicted octanol–water partition coefficient (Wildman–Crippen LogP) is 5.95. The van der Waals surface area contributed by atoms with E-state index in [2.05, 4.69) is 32.0 Å². The van der Waals surface area contributed by atoms with E-state index in [4.69, 9.17) is 16.6 Å². The van der Waals surface area contributed by atoms with Crippen LogP contribution in [0.3, 0.4) is 0 Å². The van der Waals surface area contributed by atoms with Crippen LogP contribution in [0.5, 0.6) is 0 Å². The van der Waals surface area contributed by atoms with E-state index in [-0.39, 0.29) is 5.56 Å². The molecule has 0 aliphatic rings. The van der Waals surface area contributed by atoms with Gasteiger partial charge in [-0.1, -0.05) is 59.3 Å². The SMILES string of the molecule is Cc1ccc(C)c(CSc2nc3ccccc3c(=O)n2-c2ccc(Cl)cc2)c1. The number of rotatable bonds is 4. The minimum Gasteiger partial charge on any atom is -0.268 e. The third-order valence-electron chi connectivity index (χ3n) is 4.69. The molecule has 0 radical (unpaired) electrons. The number of hydrogen-bond donors (Lipinski definition) is 0. The van der Waals surface area contributed by atoms with E-state index in [1.54, 1.807) is 28.5 Å². The Morgan fingerprint density at radius 1 is 1.00 bits per heavy atom. The molecular weight excluding hydrogens is 388 g/mol. The van der Waals surface area contributed by atoms with Gasteiger partial charge < -0.3 is 0 Å². The fourth-order valence-corrected chi connectivity index (χ4v) is 4.33. The van der Waals surface area contributed by atoms with Crippen molar-refractivity contribution >= 4 is 34.3 Å². The van der Waals surface area contributed by atoms with Gasteiger partial charge in [0.25, 0.3) is 5.56 Å². The van der Waals surface area contributed by atoms with Crippen molar-refractivity contribution in [1.29, 1.82) is 0 Å². The maximum atomic E-state index is 13.2. The third kappa shape index (κ3) is 3.71. The van der Waals surface area contributed by atoms with Crippen LogP contribution in [0.4, 0.5) is 0 Å². The molecule has 1 aromatic heterocycles. The smallest absolute Gasteiger partial charge is 0.266 e. The zero-order valence-corrected chi connectivity index (χ0v) is 17.2. The largest absolute Gasteiger partial charge is 0.268 e. The summed E-state index contributed by atoms with van der Waals surface area (Å²) in [6.07, 6.45) is 0. The number of aryl methyl sites for hydroxylation is 2. The zero-order valence-electron chi connectivity index (χ0n) is 15.6. The predicted molar refractivity (Wildman–Crippen MR) is 118 cm³/mol. The first-order valence-corrected chi connectivity index (χ1v) is 10.4. The van der Waals surface area contributed by atoms with E-state index in [9.17, 15) is 4.79 Å². The molecule has 5 heteroatoms. The first kappa shape index (κ1) is 18.8. The van der Waals surface area contributed by atoms with Crippen molar-refractivity contribution in [2.75, 3.05) is 0 Å². The first-order valence-electron chi connectivity index (χ1n) is 8.99. The second-order valence-corrected chi connectivity index (χ2v) is 8.13. The number of aromatic nitrogens is 2. The highest BCUT2D eigenvalue weighted by molar-refractivity contribution is 7.98. The highest BCUT2D eigenvalue weighted by Gasteiger charge is 2.14. The Bertz CT molecular complexity index is 1220. The minimum atomic E-state index is -0.0728. The van der Waals surface area contributed by atoms with Crippen molar-refractivity contribution in [2.24, 2.45) is 0 Å². The van der Waals surface area contributed by atoms with E-state index in [1.807, 2.05) is 36.4 Å². The third-order valence-corrected chi connectivity index (χ3v) is 5.93. The van der Waals surface area contributed by atoms with Crippen molar-refractivity contribution in [3.8, 4) is 5.69 Å². The molecule has 0 atom stereocenters. The fraction of sp³-hybridized carbons (Fsp3) is 0.130. The molecule has 3 nitrogen and oxygen atoms in total. The number of thioether (sulfide) groups is 1. The van der Waals surface area contributed by atoms with Gasteiger partial charge in [0.2, 0.25) is 0 Å². The lowest BCUT2D eigenvalue weighted by Crippen LogP contribution is -2.21. The summed E-state index contributed by atoms with van der Waals surface area (Å²) in [6, 6.07) is 21.2. The molecule has 0 N–H and O–H groups in total. The molecule has 0 fully saturated rings. The number of hydrogen-bond acceptors (Lipinski definition) is 3. The van der Waals surface area contributed by atoms with Gasteiger partial charge in [0.1, 0.15) is 0 Å². The summed E-state index contributed by atoms with van der Waals surface area (Å²) in [4.78, 5) is 18.0. The van der Waals surface area contributed by atoms with E-state index >= 15 is 0 Å². The maximum Gasteiger partial charge on any atom is 0.266 e. The van der Waals surface area contributed by atoms with Gasteiger partial charge in [0.05, 0.1) is 16.6 Å². The van der Waals surface area contributed by atoms with E-state index in [0.29, 0.717) is 21.1 Å². The molecule has 3 aromatic carbocycles. The molecule has 0 aliphatic carbocycles. The Hall–Kier alpha value is -2.56. The van der Waals surface area contributed by atoms with Gasteiger partial charge in [0, 0.05) is 10.8 Å². The summed E-state index contributed by atoms with van der Waals surface area (Å²) in [7, 11) is 0. The lowest BCUT2D eigenvalue weighted by atomic mass is 10.1. The number of halogens is 1. The molecule has 0 saturated heterocycles. The number of nitrogens with zero attached hydrogens (tertiary/aromatic N) is 2. The number of benzene rings is 3. The van der Waals surface area contributed by atoms with Crippen LogP contribution in [-0.2, 0) is 5.75 Å². The van der Waals surface area contributed by atoms with Crippen LogP contribution in [0, 0.1) is 13.8 Å². The van der Waals surface area contributed by atoms with Gasteiger partial charge in [-0.15, -0.1) is 0 Å². The van der Waals surface area contributed by atoms with Crippen LogP contribution >= 0.6 is 23.4 Å². The summed E-state index contributed by atoms with van der Waals surface area (Å²) >= 11 is 7.61. The molecule has 4 aromatic rings. The Labute approximate surface area is 173 Å². The van der Waals surface area contributed by atoms with Crippen molar-refractivity contribution in [1.82, 2.24) is 9.55 Å². The van der Waals surface area contributed by atoms with Gasteiger partial charge in [-0.25, -0.2) is 4.98 Å². The molecular formula is C23H19ClN2OS. The van der Waals surface area contributed by atoms with Gasteiger partial charge in [0.15, 0.2) is 5.16 Å². The number of para-hydroxylation sites is 1. The number of fused-ring (bicyclic) bond motifs is 1. The molecule has 28 heavy (non-hydrogen) atoms. The van der Waals surface area contributed by atoms with Gasteiger partial charge >= 0.3 is 0 Å². The normalized spacial score (nSPS) is 11.1. The van der Waals surface area contributed by atoms with Crippen molar-refractivity contribution in [3.63, 3.8) is 0 Å². The first-order chi connectivity index (χ1) is 13.5. The van der Waals surface area contributed by atoms with Crippen LogP contribution in [0.15, 0.2) is 76.7 Å². The van der Waals surface area contributed by atoms with Gasteiger partial charge in [-0.2, -0.15) is 0 Å². The molecule has 0 aliphatic heterocycles. The highest BCUT2D eigenvalue weighted by atomic mass is 35.5. The Morgan fingerprint density at radius 2 is 1.75 bits per heavy atom. The topological polar surface area (TPSA) is 34.9 Å². The van der Waals surface area contributed by atoms with Crippen molar-refractivity contribution in [3.05, 3.63) is 98.8 Å². The summed E-state index contributed by atoms with van der Waals surface area (Å²) in [5.74, 6) is 0.742. The van der Waals surface area contributed by atoms with Crippen LogP contribution in [-0.4, -0.2) is 9.55 Å². The average Bonchev–Trinajstić information content (AvgIpc) is 2.70. The lowest BCUT2D eigenvalue weighted by Gasteiger charge is -2.14. The molecule has 0 saturated carbocycles. The van der Waals surface area contributed by atoms with E-state index in [0.717, 1.165) is 11.4 Å². The maximum absolute atomic E-state index is 13.2. The molecule has 140 valence electrons. The summed E-state index contributed by atoms with van der Waals surface area (Å²) in [5, 5.41) is 1.91. The molecule has 0 bridgehead atoms. The van der Waals surface area contributed by atoms with Crippen molar-refractivity contribution < 1.29 is 0 Å². The summed E-state index contributed by atoms with van der Waals surface area (Å²) < 4.78 is 1.68. The zero-order chi connectivity index (χ0) is 19.7. The van der Waals surface area contributed by atoms with E-state index in [1.165, 1.54) is 16.7 Å². The van der Waals surface area contributed by atoms with E-state index < -0.39 is 0 Å². The highest BCUT2D eigenvalue weighted by Crippen LogP contribution is 2.26. The molecule has 0 unspecified atom stereocenters. The van der Waals surface area contributed by atoms with Crippen LogP contribution in [0.2, 0.25) is 5.02 Å². The average molecular weight is 407 g/mol. The molecule has 4 rings (SSSR count). The van der Waals surface area contributed by atoms with Crippen LogP contribution in [0.25, 0.3) is 16.6 Å². The van der Waals surface area contributed by atoms with Gasteiger partial charge in [-0.05, 0) is 61.4 Å². The molecule has 1 heterocycles. The minimum absolute atomic E-state index is 0.0728. The quantitative estimate of drug-likeness (QED) is 0.310. The van der Waals surface area contributed by atoms with Crippen LogP contribution < -0.4 is 5.56 Å². The Morgan fingerprint density at radius 3 is 2.54 bits per heavy atom. The standard InChI is InChI=1S/C23H19ClN2OS/c1-15-7-8-16(2)17(13-15)14-28-23-25-21-6-4-3-5-20(21)22(27)26(23)19-11-9-18(24)10-12-19/h3-13H,14H2,1-2H3. The monoisotopic (exact) mass is 406 g/mol. The van der Waals surface area contributed by atoms with Gasteiger partial charge in [-0.3, -0.25) is 9.36 Å². The van der Waals surface area contributed by atoms with Crippen molar-refractivity contribution in [2.45, 2.75) is 24.8 Å². The molecule has 0 amide bonds. The molecule has 0 spiro atoms. The summed E-state index contributed by atoms with van der Waals surface area (Å²) in [5.41, 5.74) is 5.10. The second kappa shape index (κ2) is 7.82. The Balaban J connectivity index is 1.84. The summed E-state index contributed by atoms with van der Waals surface area (Å²) in [6.45, 7) is 4.20. The second-order valence-electron chi connectivity index (χ2n) is 6.75. The lowest BCUT2D eigenvalue weighted by molar-refractivity contribution is 0.819. The fourth-order valence-electron chi connectivity index (χ4n) is 3.13. The Kier molecular flexibility index (Phi) is 5.25. The van der Waals surface area contributed by atoms with Crippen LogP contribution in [0.1, 0.15) is 16.7 Å².